The van der Waals surface area contributed by atoms with Gasteiger partial charge in [0.05, 0.1) is 0 Å². The Balaban J connectivity index is 2.35. The Labute approximate surface area is 125 Å². The van der Waals surface area contributed by atoms with E-state index < -0.39 is 5.54 Å². The van der Waals surface area contributed by atoms with Crippen LogP contribution in [0.15, 0.2) is 28.7 Å². The van der Waals surface area contributed by atoms with Crippen LogP contribution < -0.4 is 11.1 Å². The fourth-order valence-electron chi connectivity index (χ4n) is 2.14. The highest BCUT2D eigenvalue weighted by atomic mass is 16.3. The molecule has 1 heterocycles. The molecule has 0 aliphatic carbocycles. The number of amides is 1. The first kappa shape index (κ1) is 15.5. The number of benzene rings is 1. The monoisotopic (exact) mass is 289 g/mol. The largest absolute Gasteiger partial charge is 0.451 e. The van der Waals surface area contributed by atoms with Crippen LogP contribution in [-0.4, -0.2) is 37.0 Å². The van der Waals surface area contributed by atoms with Gasteiger partial charge in [-0.05, 0) is 34.0 Å². The van der Waals surface area contributed by atoms with E-state index in [0.717, 1.165) is 16.5 Å². The van der Waals surface area contributed by atoms with E-state index in [-0.39, 0.29) is 5.91 Å². The molecule has 1 aromatic carbocycles. The van der Waals surface area contributed by atoms with Crippen LogP contribution in [-0.2, 0) is 6.54 Å². The molecule has 0 aliphatic heterocycles. The van der Waals surface area contributed by atoms with Gasteiger partial charge in [-0.15, -0.1) is 0 Å². The molecule has 0 fully saturated rings. The summed E-state index contributed by atoms with van der Waals surface area (Å²) in [5.74, 6) is 0.149. The van der Waals surface area contributed by atoms with Crippen LogP contribution in [0, 0.1) is 0 Å². The molecule has 0 spiro atoms. The number of nitrogens with zero attached hydrogens (tertiary/aromatic N) is 1. The lowest BCUT2D eigenvalue weighted by Gasteiger charge is -2.18. The molecule has 5 heteroatoms. The molecule has 114 valence electrons. The number of furan rings is 1. The molecule has 1 aromatic heterocycles. The van der Waals surface area contributed by atoms with Crippen LogP contribution in [0.5, 0.6) is 0 Å². The van der Waals surface area contributed by atoms with Crippen molar-refractivity contribution in [3.05, 3.63) is 35.6 Å². The topological polar surface area (TPSA) is 71.5 Å². The maximum Gasteiger partial charge on any atom is 0.287 e. The van der Waals surface area contributed by atoms with Crippen molar-refractivity contribution in [2.75, 3.05) is 20.6 Å². The van der Waals surface area contributed by atoms with Gasteiger partial charge in [0.15, 0.2) is 5.76 Å². The minimum atomic E-state index is -0.455. The minimum absolute atomic E-state index is 0.221. The molecule has 0 unspecified atom stereocenters. The lowest BCUT2D eigenvalue weighted by atomic mass is 10.1. The number of fused-ring (bicyclic) bond motifs is 1. The SMILES string of the molecule is CN(C)Cc1c(C(=O)NCC(C)(C)N)oc2ccccc12. The summed E-state index contributed by atoms with van der Waals surface area (Å²) in [7, 11) is 3.93. The number of nitrogens with one attached hydrogen (secondary N) is 1. The van der Waals surface area contributed by atoms with Crippen molar-refractivity contribution in [1.82, 2.24) is 10.2 Å². The third kappa shape index (κ3) is 3.83. The number of rotatable bonds is 5. The van der Waals surface area contributed by atoms with Gasteiger partial charge >= 0.3 is 0 Å². The molecule has 0 atom stereocenters. The van der Waals surface area contributed by atoms with E-state index in [2.05, 4.69) is 5.32 Å². The molecule has 0 saturated heterocycles. The molecule has 0 aliphatic rings. The quantitative estimate of drug-likeness (QED) is 0.882. The number of carbonyl (C=O) groups excluding carboxylic acids is 1. The first-order valence-electron chi connectivity index (χ1n) is 7.00. The Kier molecular flexibility index (Phi) is 4.34. The molecular weight excluding hydrogens is 266 g/mol. The lowest BCUT2D eigenvalue weighted by Crippen LogP contribution is -2.45. The fourth-order valence-corrected chi connectivity index (χ4v) is 2.14. The molecule has 0 bridgehead atoms. The Bertz CT molecular complexity index is 638. The summed E-state index contributed by atoms with van der Waals surface area (Å²) in [6.45, 7) is 4.77. The highest BCUT2D eigenvalue weighted by Gasteiger charge is 2.22. The van der Waals surface area contributed by atoms with Gasteiger partial charge in [-0.2, -0.15) is 0 Å². The van der Waals surface area contributed by atoms with Gasteiger partial charge in [-0.3, -0.25) is 4.79 Å². The standard InChI is InChI=1S/C16H23N3O2/c1-16(2,17)10-18-15(20)14-12(9-19(3)4)11-7-5-6-8-13(11)21-14/h5-8H,9-10,17H2,1-4H3,(H,18,20). The molecule has 0 saturated carbocycles. The van der Waals surface area contributed by atoms with Gasteiger partial charge in [0.25, 0.3) is 5.91 Å². The van der Waals surface area contributed by atoms with Crippen molar-refractivity contribution >= 4 is 16.9 Å². The van der Waals surface area contributed by atoms with Crippen molar-refractivity contribution in [2.45, 2.75) is 25.9 Å². The second kappa shape index (κ2) is 5.87. The highest BCUT2D eigenvalue weighted by molar-refractivity contribution is 5.99. The Hall–Kier alpha value is -1.85. The van der Waals surface area contributed by atoms with Gasteiger partial charge < -0.3 is 20.4 Å². The average Bonchev–Trinajstić information content (AvgIpc) is 2.74. The van der Waals surface area contributed by atoms with E-state index in [4.69, 9.17) is 10.2 Å². The van der Waals surface area contributed by atoms with Crippen LogP contribution in [0.1, 0.15) is 30.0 Å². The molecule has 2 aromatic rings. The van der Waals surface area contributed by atoms with Crippen LogP contribution in [0.25, 0.3) is 11.0 Å². The number of nitrogens with two attached hydrogens (primary N) is 1. The van der Waals surface area contributed by atoms with Gasteiger partial charge in [0.1, 0.15) is 5.58 Å². The van der Waals surface area contributed by atoms with Crippen LogP contribution in [0.2, 0.25) is 0 Å². The molecule has 21 heavy (non-hydrogen) atoms. The second-order valence-electron chi connectivity index (χ2n) is 6.31. The third-order valence-corrected chi connectivity index (χ3v) is 3.08. The summed E-state index contributed by atoms with van der Waals surface area (Å²) in [6, 6.07) is 7.69. The zero-order valence-electron chi connectivity index (χ0n) is 13.1. The van der Waals surface area contributed by atoms with E-state index in [0.29, 0.717) is 18.8 Å². The summed E-state index contributed by atoms with van der Waals surface area (Å²) in [5, 5.41) is 3.81. The maximum absolute atomic E-state index is 12.4. The number of carbonyl (C=O) groups is 1. The van der Waals surface area contributed by atoms with E-state index in [1.807, 2.05) is 57.1 Å². The molecule has 5 nitrogen and oxygen atoms in total. The van der Waals surface area contributed by atoms with E-state index in [1.165, 1.54) is 0 Å². The average molecular weight is 289 g/mol. The third-order valence-electron chi connectivity index (χ3n) is 3.08. The van der Waals surface area contributed by atoms with Crippen LogP contribution in [0.3, 0.4) is 0 Å². The molecule has 1 amide bonds. The Morgan fingerprint density at radius 2 is 2.00 bits per heavy atom. The van der Waals surface area contributed by atoms with Crippen molar-refractivity contribution < 1.29 is 9.21 Å². The number of hydrogen-bond donors (Lipinski definition) is 2. The zero-order chi connectivity index (χ0) is 15.6. The second-order valence-corrected chi connectivity index (χ2v) is 6.31. The van der Waals surface area contributed by atoms with Crippen molar-refractivity contribution in [3.63, 3.8) is 0 Å². The number of para-hydroxylation sites is 1. The van der Waals surface area contributed by atoms with Crippen LogP contribution in [0.4, 0.5) is 0 Å². The molecular formula is C16H23N3O2. The van der Waals surface area contributed by atoms with Crippen LogP contribution >= 0.6 is 0 Å². The summed E-state index contributed by atoms with van der Waals surface area (Å²) in [6.07, 6.45) is 0. The first-order chi connectivity index (χ1) is 9.78. The van der Waals surface area contributed by atoms with Gasteiger partial charge in [0, 0.05) is 29.6 Å². The van der Waals surface area contributed by atoms with Gasteiger partial charge in [0.2, 0.25) is 0 Å². The van der Waals surface area contributed by atoms with Crippen molar-refractivity contribution in [2.24, 2.45) is 5.73 Å². The van der Waals surface area contributed by atoms with Gasteiger partial charge in [-0.1, -0.05) is 18.2 Å². The number of hydrogen-bond acceptors (Lipinski definition) is 4. The highest BCUT2D eigenvalue weighted by Crippen LogP contribution is 2.26. The smallest absolute Gasteiger partial charge is 0.287 e. The zero-order valence-corrected chi connectivity index (χ0v) is 13.1. The Morgan fingerprint density at radius 3 is 2.62 bits per heavy atom. The van der Waals surface area contributed by atoms with Gasteiger partial charge in [-0.25, -0.2) is 0 Å². The predicted molar refractivity (Wildman–Crippen MR) is 84.2 cm³/mol. The molecule has 2 rings (SSSR count). The first-order valence-corrected chi connectivity index (χ1v) is 7.00. The summed E-state index contributed by atoms with van der Waals surface area (Å²) in [5.41, 5.74) is 7.08. The molecule has 3 N–H and O–H groups in total. The summed E-state index contributed by atoms with van der Waals surface area (Å²) in [4.78, 5) is 14.4. The molecule has 0 radical (unpaired) electrons. The maximum atomic E-state index is 12.4. The van der Waals surface area contributed by atoms with Crippen molar-refractivity contribution in [3.8, 4) is 0 Å². The van der Waals surface area contributed by atoms with E-state index >= 15 is 0 Å². The summed E-state index contributed by atoms with van der Waals surface area (Å²) < 4.78 is 5.75. The van der Waals surface area contributed by atoms with E-state index in [1.54, 1.807) is 0 Å². The predicted octanol–water partition coefficient (Wildman–Crippen LogP) is 1.96. The van der Waals surface area contributed by atoms with Crippen molar-refractivity contribution in [1.29, 1.82) is 0 Å². The summed E-state index contributed by atoms with van der Waals surface area (Å²) >= 11 is 0. The minimum Gasteiger partial charge on any atom is -0.451 e. The van der Waals surface area contributed by atoms with E-state index in [9.17, 15) is 4.79 Å². The lowest BCUT2D eigenvalue weighted by molar-refractivity contribution is 0.0918. The Morgan fingerprint density at radius 1 is 1.33 bits per heavy atom. The normalized spacial score (nSPS) is 12.1. The fraction of sp³-hybridized carbons (Fsp3) is 0.438.